The Morgan fingerprint density at radius 2 is 1.65 bits per heavy atom. The molecule has 1 aromatic rings. The third-order valence-corrected chi connectivity index (χ3v) is 5.45. The van der Waals surface area contributed by atoms with Gasteiger partial charge in [-0.15, -0.1) is 11.6 Å². The van der Waals surface area contributed by atoms with Crippen molar-refractivity contribution in [3.63, 3.8) is 0 Å². The highest BCUT2D eigenvalue weighted by molar-refractivity contribution is 7.90. The minimum absolute atomic E-state index is 0.0428. The van der Waals surface area contributed by atoms with E-state index in [1.807, 2.05) is 0 Å². The number of halogens is 1. The van der Waals surface area contributed by atoms with Gasteiger partial charge in [-0.3, -0.25) is 0 Å². The standard InChI is InChI=1S/C12H18ClNO4S2/c1-19(15,16)12-6-4-11(5-7-12)10-14-20(17,18)9-3-2-8-13/h4-7,14H,2-3,8-10H2,1H3. The quantitative estimate of drug-likeness (QED) is 0.575. The number of alkyl halides is 1. The van der Waals surface area contributed by atoms with Crippen LogP contribution < -0.4 is 4.72 Å². The van der Waals surface area contributed by atoms with Gasteiger partial charge in [0.15, 0.2) is 9.84 Å². The van der Waals surface area contributed by atoms with Crippen LogP contribution in [0.15, 0.2) is 29.2 Å². The van der Waals surface area contributed by atoms with Crippen molar-refractivity contribution in [1.82, 2.24) is 4.72 Å². The Kier molecular flexibility index (Phi) is 6.44. The van der Waals surface area contributed by atoms with E-state index in [9.17, 15) is 16.8 Å². The molecule has 0 unspecified atom stereocenters. The summed E-state index contributed by atoms with van der Waals surface area (Å²) in [5, 5.41) is 0. The highest BCUT2D eigenvalue weighted by Crippen LogP contribution is 2.10. The summed E-state index contributed by atoms with van der Waals surface area (Å²) in [5.41, 5.74) is 0.707. The summed E-state index contributed by atoms with van der Waals surface area (Å²) < 4.78 is 48.4. The number of hydrogen-bond donors (Lipinski definition) is 1. The lowest BCUT2D eigenvalue weighted by Crippen LogP contribution is -2.26. The molecule has 0 aliphatic rings. The first-order valence-electron chi connectivity index (χ1n) is 6.07. The molecule has 0 aliphatic carbocycles. The SMILES string of the molecule is CS(=O)(=O)c1ccc(CNS(=O)(=O)CCCCCl)cc1. The molecule has 8 heteroatoms. The van der Waals surface area contributed by atoms with Crippen LogP contribution in [0.2, 0.25) is 0 Å². The fourth-order valence-corrected chi connectivity index (χ4v) is 3.44. The predicted octanol–water partition coefficient (Wildman–Crippen LogP) is 1.53. The Hall–Kier alpha value is -0.630. The molecule has 0 saturated heterocycles. The van der Waals surface area contributed by atoms with Crippen LogP contribution in [-0.2, 0) is 26.4 Å². The number of rotatable bonds is 8. The van der Waals surface area contributed by atoms with Crippen molar-refractivity contribution in [1.29, 1.82) is 0 Å². The topological polar surface area (TPSA) is 80.3 Å². The Balaban J connectivity index is 2.58. The largest absolute Gasteiger partial charge is 0.224 e. The Morgan fingerprint density at radius 3 is 2.15 bits per heavy atom. The van der Waals surface area contributed by atoms with Gasteiger partial charge in [-0.1, -0.05) is 12.1 Å². The van der Waals surface area contributed by atoms with Gasteiger partial charge >= 0.3 is 0 Å². The summed E-state index contributed by atoms with van der Waals surface area (Å²) in [6.07, 6.45) is 2.30. The van der Waals surface area contributed by atoms with Gasteiger partial charge in [0.1, 0.15) is 0 Å². The number of benzene rings is 1. The van der Waals surface area contributed by atoms with Crippen LogP contribution in [0.3, 0.4) is 0 Å². The van der Waals surface area contributed by atoms with Gasteiger partial charge in [-0.25, -0.2) is 21.6 Å². The van der Waals surface area contributed by atoms with Crippen molar-refractivity contribution >= 4 is 31.5 Å². The number of nitrogens with one attached hydrogen (secondary N) is 1. The smallest absolute Gasteiger partial charge is 0.211 e. The predicted molar refractivity (Wildman–Crippen MR) is 80.1 cm³/mol. The monoisotopic (exact) mass is 339 g/mol. The summed E-state index contributed by atoms with van der Waals surface area (Å²) in [5.74, 6) is 0.490. The molecular weight excluding hydrogens is 322 g/mol. The molecule has 1 rings (SSSR count). The molecule has 0 radical (unpaired) electrons. The molecule has 0 aliphatic heterocycles. The summed E-state index contributed by atoms with van der Waals surface area (Å²) in [7, 11) is -6.55. The fraction of sp³-hybridized carbons (Fsp3) is 0.500. The van der Waals surface area contributed by atoms with Gasteiger partial charge in [0.25, 0.3) is 0 Å². The first-order valence-corrected chi connectivity index (χ1v) is 10.1. The average molecular weight is 340 g/mol. The molecule has 0 atom stereocenters. The molecule has 0 saturated carbocycles. The zero-order valence-electron chi connectivity index (χ0n) is 11.2. The van der Waals surface area contributed by atoms with Gasteiger partial charge in [0.05, 0.1) is 10.6 Å². The number of sulfonamides is 1. The van der Waals surface area contributed by atoms with Gasteiger partial charge in [-0.05, 0) is 30.5 Å². The van der Waals surface area contributed by atoms with Gasteiger partial charge < -0.3 is 0 Å². The van der Waals surface area contributed by atoms with Crippen LogP contribution in [0.5, 0.6) is 0 Å². The molecule has 0 spiro atoms. The van der Waals surface area contributed by atoms with Crippen molar-refractivity contribution < 1.29 is 16.8 Å². The van der Waals surface area contributed by atoms with E-state index in [-0.39, 0.29) is 17.2 Å². The Bertz CT molecular complexity index is 624. The number of unbranched alkanes of at least 4 members (excludes halogenated alkanes) is 1. The summed E-state index contributed by atoms with van der Waals surface area (Å²) in [6.45, 7) is 0.146. The second-order valence-electron chi connectivity index (χ2n) is 4.45. The molecule has 0 aromatic heterocycles. The minimum Gasteiger partial charge on any atom is -0.224 e. The van der Waals surface area contributed by atoms with E-state index < -0.39 is 19.9 Å². The third-order valence-electron chi connectivity index (χ3n) is 2.64. The molecule has 114 valence electrons. The number of hydrogen-bond acceptors (Lipinski definition) is 4. The van der Waals surface area contributed by atoms with Crippen LogP contribution in [0.1, 0.15) is 18.4 Å². The Morgan fingerprint density at radius 1 is 1.05 bits per heavy atom. The van der Waals surface area contributed by atoms with Crippen LogP contribution in [0, 0.1) is 0 Å². The highest BCUT2D eigenvalue weighted by Gasteiger charge is 2.10. The molecule has 0 amide bonds. The summed E-state index contributed by atoms with van der Waals surface area (Å²) in [4.78, 5) is 0.214. The van der Waals surface area contributed by atoms with Crippen molar-refractivity contribution in [2.45, 2.75) is 24.3 Å². The van der Waals surface area contributed by atoms with E-state index in [0.29, 0.717) is 24.3 Å². The maximum absolute atomic E-state index is 11.7. The van der Waals surface area contributed by atoms with Crippen molar-refractivity contribution in [2.24, 2.45) is 0 Å². The van der Waals surface area contributed by atoms with Gasteiger partial charge in [0, 0.05) is 18.7 Å². The highest BCUT2D eigenvalue weighted by atomic mass is 35.5. The Labute approximate surface area is 125 Å². The van der Waals surface area contributed by atoms with Crippen LogP contribution in [0.4, 0.5) is 0 Å². The lowest BCUT2D eigenvalue weighted by Gasteiger charge is -2.07. The lowest BCUT2D eigenvalue weighted by atomic mass is 10.2. The maximum Gasteiger partial charge on any atom is 0.211 e. The van der Waals surface area contributed by atoms with Gasteiger partial charge in [-0.2, -0.15) is 0 Å². The van der Waals surface area contributed by atoms with Gasteiger partial charge in [0.2, 0.25) is 10.0 Å². The van der Waals surface area contributed by atoms with E-state index in [0.717, 1.165) is 6.26 Å². The minimum atomic E-state index is -3.32. The van der Waals surface area contributed by atoms with E-state index in [2.05, 4.69) is 4.72 Å². The third kappa shape index (κ3) is 6.21. The van der Waals surface area contributed by atoms with E-state index >= 15 is 0 Å². The maximum atomic E-state index is 11.7. The summed E-state index contributed by atoms with van der Waals surface area (Å²) in [6, 6.07) is 6.12. The first-order chi connectivity index (χ1) is 9.24. The number of sulfone groups is 1. The summed E-state index contributed by atoms with van der Waals surface area (Å²) >= 11 is 5.49. The molecule has 0 bridgehead atoms. The molecule has 20 heavy (non-hydrogen) atoms. The van der Waals surface area contributed by atoms with E-state index in [1.165, 1.54) is 12.1 Å². The van der Waals surface area contributed by atoms with Crippen molar-refractivity contribution in [3.05, 3.63) is 29.8 Å². The van der Waals surface area contributed by atoms with Crippen molar-refractivity contribution in [2.75, 3.05) is 17.9 Å². The first kappa shape index (κ1) is 17.4. The lowest BCUT2D eigenvalue weighted by molar-refractivity contribution is 0.577. The molecule has 1 N–H and O–H groups in total. The second-order valence-corrected chi connectivity index (χ2v) is 8.77. The van der Waals surface area contributed by atoms with Crippen LogP contribution >= 0.6 is 11.6 Å². The molecule has 1 aromatic carbocycles. The molecular formula is C12H18ClNO4S2. The van der Waals surface area contributed by atoms with Crippen LogP contribution in [-0.4, -0.2) is 34.7 Å². The van der Waals surface area contributed by atoms with E-state index in [4.69, 9.17) is 11.6 Å². The molecule has 0 heterocycles. The molecule has 0 fully saturated rings. The van der Waals surface area contributed by atoms with Crippen molar-refractivity contribution in [3.8, 4) is 0 Å². The van der Waals surface area contributed by atoms with Crippen LogP contribution in [0.25, 0.3) is 0 Å². The normalized spacial score (nSPS) is 12.5. The average Bonchev–Trinajstić information content (AvgIpc) is 2.36. The zero-order chi connectivity index (χ0) is 15.2. The molecule has 5 nitrogen and oxygen atoms in total. The zero-order valence-corrected chi connectivity index (χ0v) is 13.6. The second kappa shape index (κ2) is 7.40. The van der Waals surface area contributed by atoms with E-state index in [1.54, 1.807) is 12.1 Å². The fourth-order valence-electron chi connectivity index (χ4n) is 1.51.